The first-order chi connectivity index (χ1) is 17.3. The van der Waals surface area contributed by atoms with Crippen LogP contribution in [0.3, 0.4) is 0 Å². The van der Waals surface area contributed by atoms with Gasteiger partial charge in [0, 0.05) is 10.6 Å². The zero-order valence-electron chi connectivity index (χ0n) is 18.7. The molecule has 11 heteroatoms. The maximum atomic E-state index is 11.9. The molecule has 0 aliphatic rings. The Morgan fingerprint density at radius 1 is 1.03 bits per heavy atom. The quantitative estimate of drug-likeness (QED) is 0.164. The second-order valence-electron chi connectivity index (χ2n) is 7.34. The van der Waals surface area contributed by atoms with Crippen molar-refractivity contribution in [2.45, 2.75) is 11.8 Å². The molecule has 0 radical (unpaired) electrons. The van der Waals surface area contributed by atoms with E-state index in [1.165, 1.54) is 13.2 Å². The first kappa shape index (κ1) is 25.9. The number of aromatic nitrogens is 3. The van der Waals surface area contributed by atoms with Crippen molar-refractivity contribution >= 4 is 58.6 Å². The number of thioether (sulfide) groups is 1. The highest BCUT2D eigenvalue weighted by atomic mass is 35.5. The molecule has 0 aliphatic carbocycles. The lowest BCUT2D eigenvalue weighted by Crippen LogP contribution is -1.99. The Hall–Kier alpha value is -3.17. The Morgan fingerprint density at radius 3 is 2.50 bits per heavy atom. The molecule has 0 amide bonds. The summed E-state index contributed by atoms with van der Waals surface area (Å²) in [4.78, 5) is 16.3. The van der Waals surface area contributed by atoms with Crippen LogP contribution in [0.4, 0.5) is 0 Å². The molecule has 0 saturated heterocycles. The van der Waals surface area contributed by atoms with E-state index in [-0.39, 0.29) is 16.7 Å². The molecule has 7 nitrogen and oxygen atoms in total. The summed E-state index contributed by atoms with van der Waals surface area (Å²) in [6, 6.07) is 17.4. The highest BCUT2D eigenvalue weighted by Crippen LogP contribution is 2.33. The summed E-state index contributed by atoms with van der Waals surface area (Å²) < 4.78 is 11.3. The van der Waals surface area contributed by atoms with Crippen molar-refractivity contribution in [3.63, 3.8) is 0 Å². The standard InChI is InChI=1S/C25H18Cl3N3O4S/c1-34-21-11-14(3-9-20(21)35-13-15-2-8-18(27)19(28)10-15)12-22(24(32)33)36-25-29-23(30-31-25)16-4-6-17(26)7-5-16/h2-12H,13H2,1H3,(H,32,33)(H,29,30,31)/b22-12-. The van der Waals surface area contributed by atoms with Gasteiger partial charge in [-0.25, -0.2) is 9.78 Å². The van der Waals surface area contributed by atoms with E-state index in [4.69, 9.17) is 44.3 Å². The SMILES string of the molecule is COc1cc(/C=C(\Sc2n[nH]c(-c3ccc(Cl)cc3)n2)C(=O)O)ccc1OCc1ccc(Cl)c(Cl)c1. The zero-order chi connectivity index (χ0) is 25.7. The molecule has 0 aliphatic heterocycles. The molecule has 0 fully saturated rings. The van der Waals surface area contributed by atoms with Crippen LogP contribution in [0.1, 0.15) is 11.1 Å². The average molecular weight is 563 g/mol. The normalized spacial score (nSPS) is 11.4. The largest absolute Gasteiger partial charge is 0.493 e. The number of aliphatic carboxylic acids is 1. The van der Waals surface area contributed by atoms with Crippen LogP contribution in [0.25, 0.3) is 17.5 Å². The van der Waals surface area contributed by atoms with Crippen LogP contribution < -0.4 is 9.47 Å². The fourth-order valence-corrected chi connectivity index (χ4v) is 4.25. The predicted octanol–water partition coefficient (Wildman–Crippen LogP) is 7.24. The number of nitrogens with zero attached hydrogens (tertiary/aromatic N) is 2. The van der Waals surface area contributed by atoms with Gasteiger partial charge in [0.25, 0.3) is 0 Å². The molecule has 2 N–H and O–H groups in total. The van der Waals surface area contributed by atoms with Gasteiger partial charge in [-0.15, -0.1) is 5.10 Å². The van der Waals surface area contributed by atoms with Crippen LogP contribution in [-0.4, -0.2) is 33.4 Å². The van der Waals surface area contributed by atoms with Gasteiger partial charge in [0.1, 0.15) is 11.5 Å². The van der Waals surface area contributed by atoms with Gasteiger partial charge in [-0.3, -0.25) is 5.10 Å². The highest BCUT2D eigenvalue weighted by Gasteiger charge is 2.15. The van der Waals surface area contributed by atoms with Gasteiger partial charge in [0.2, 0.25) is 5.16 Å². The molecule has 36 heavy (non-hydrogen) atoms. The Bertz CT molecular complexity index is 1420. The number of halogens is 3. The Labute approximate surface area is 226 Å². The molecule has 184 valence electrons. The van der Waals surface area contributed by atoms with Crippen LogP contribution in [0, 0.1) is 0 Å². The molecule has 0 atom stereocenters. The van der Waals surface area contributed by atoms with E-state index in [1.54, 1.807) is 54.6 Å². The summed E-state index contributed by atoms with van der Waals surface area (Å²) in [7, 11) is 1.51. The summed E-state index contributed by atoms with van der Waals surface area (Å²) in [5.41, 5.74) is 2.22. The fourth-order valence-electron chi connectivity index (χ4n) is 3.10. The van der Waals surface area contributed by atoms with Crippen LogP contribution in [0.5, 0.6) is 11.5 Å². The third-order valence-corrected chi connectivity index (χ3v) is 6.73. The molecule has 0 unspecified atom stereocenters. The van der Waals surface area contributed by atoms with Crippen molar-refractivity contribution in [1.82, 2.24) is 15.2 Å². The number of ether oxygens (including phenoxy) is 2. The minimum atomic E-state index is -1.11. The highest BCUT2D eigenvalue weighted by molar-refractivity contribution is 8.04. The Morgan fingerprint density at radius 2 is 1.81 bits per heavy atom. The number of carbonyl (C=O) groups is 1. The van der Waals surface area contributed by atoms with E-state index < -0.39 is 5.97 Å². The molecule has 0 bridgehead atoms. The van der Waals surface area contributed by atoms with Gasteiger partial charge >= 0.3 is 5.97 Å². The smallest absolute Gasteiger partial charge is 0.342 e. The molecule has 1 aromatic heterocycles. The minimum Gasteiger partial charge on any atom is -0.493 e. The van der Waals surface area contributed by atoms with E-state index in [2.05, 4.69) is 15.2 Å². The summed E-state index contributed by atoms with van der Waals surface area (Å²) in [6.07, 6.45) is 1.51. The number of carboxylic acid groups (broad SMARTS) is 1. The zero-order valence-corrected chi connectivity index (χ0v) is 21.8. The lowest BCUT2D eigenvalue weighted by molar-refractivity contribution is -0.131. The monoisotopic (exact) mass is 561 g/mol. The van der Waals surface area contributed by atoms with E-state index in [0.29, 0.717) is 38.0 Å². The van der Waals surface area contributed by atoms with E-state index in [9.17, 15) is 9.90 Å². The number of hydrogen-bond acceptors (Lipinski definition) is 6. The van der Waals surface area contributed by atoms with E-state index >= 15 is 0 Å². The molecular formula is C25H18Cl3N3O4S. The number of rotatable bonds is 9. The molecule has 1 heterocycles. The van der Waals surface area contributed by atoms with Gasteiger partial charge < -0.3 is 14.6 Å². The molecular weight excluding hydrogens is 545 g/mol. The molecule has 4 rings (SSSR count). The summed E-state index contributed by atoms with van der Waals surface area (Å²) >= 11 is 18.9. The Kier molecular flexibility index (Phi) is 8.43. The lowest BCUT2D eigenvalue weighted by atomic mass is 10.2. The number of benzene rings is 3. The van der Waals surface area contributed by atoms with Crippen LogP contribution in [-0.2, 0) is 11.4 Å². The van der Waals surface area contributed by atoms with Crippen LogP contribution in [0.15, 0.2) is 70.7 Å². The first-order valence-corrected chi connectivity index (χ1v) is 12.3. The van der Waals surface area contributed by atoms with Crippen molar-refractivity contribution in [2.24, 2.45) is 0 Å². The number of carboxylic acids is 1. The third kappa shape index (κ3) is 6.53. The molecule has 3 aromatic carbocycles. The third-order valence-electron chi connectivity index (χ3n) is 4.86. The molecule has 0 saturated carbocycles. The lowest BCUT2D eigenvalue weighted by Gasteiger charge is -2.12. The molecule has 0 spiro atoms. The topological polar surface area (TPSA) is 97.3 Å². The van der Waals surface area contributed by atoms with Crippen LogP contribution in [0.2, 0.25) is 15.1 Å². The molecule has 4 aromatic rings. The maximum absolute atomic E-state index is 11.9. The minimum absolute atomic E-state index is 0.0307. The summed E-state index contributed by atoms with van der Waals surface area (Å²) in [5.74, 6) is 0.328. The van der Waals surface area contributed by atoms with Gasteiger partial charge in [-0.05, 0) is 77.5 Å². The number of methoxy groups -OCH3 is 1. The van der Waals surface area contributed by atoms with Crippen LogP contribution >= 0.6 is 46.6 Å². The van der Waals surface area contributed by atoms with Crippen molar-refractivity contribution in [3.8, 4) is 22.9 Å². The average Bonchev–Trinajstić information content (AvgIpc) is 3.33. The van der Waals surface area contributed by atoms with Crippen molar-refractivity contribution < 1.29 is 19.4 Å². The van der Waals surface area contributed by atoms with Crippen molar-refractivity contribution in [2.75, 3.05) is 7.11 Å². The van der Waals surface area contributed by atoms with Crippen molar-refractivity contribution in [3.05, 3.63) is 91.8 Å². The second-order valence-corrected chi connectivity index (χ2v) is 9.60. The van der Waals surface area contributed by atoms with E-state index in [1.807, 2.05) is 6.07 Å². The number of aromatic amines is 1. The van der Waals surface area contributed by atoms with Crippen molar-refractivity contribution in [1.29, 1.82) is 0 Å². The number of nitrogens with one attached hydrogen (secondary N) is 1. The van der Waals surface area contributed by atoms with Gasteiger partial charge in [-0.1, -0.05) is 46.9 Å². The first-order valence-electron chi connectivity index (χ1n) is 10.4. The van der Waals surface area contributed by atoms with Gasteiger partial charge in [-0.2, -0.15) is 0 Å². The Balaban J connectivity index is 1.50. The summed E-state index contributed by atoms with van der Waals surface area (Å²) in [5, 5.41) is 18.4. The predicted molar refractivity (Wildman–Crippen MR) is 142 cm³/mol. The number of hydrogen-bond donors (Lipinski definition) is 2. The number of H-pyrrole nitrogens is 1. The maximum Gasteiger partial charge on any atom is 0.342 e. The van der Waals surface area contributed by atoms with Gasteiger partial charge in [0.05, 0.1) is 17.2 Å². The second kappa shape index (κ2) is 11.7. The fraction of sp³-hybridized carbons (Fsp3) is 0.0800. The summed E-state index contributed by atoms with van der Waals surface area (Å²) in [6.45, 7) is 0.249. The van der Waals surface area contributed by atoms with E-state index in [0.717, 1.165) is 22.9 Å². The van der Waals surface area contributed by atoms with Gasteiger partial charge in [0.15, 0.2) is 17.3 Å².